The lowest BCUT2D eigenvalue weighted by Gasteiger charge is -2.22. The number of amides is 1. The minimum absolute atomic E-state index is 0.138. The summed E-state index contributed by atoms with van der Waals surface area (Å²) in [7, 11) is 1.85. The number of halogens is 1. The largest absolute Gasteiger partial charge is 0.485 e. The molecule has 6 heteroatoms. The Balaban J connectivity index is 1.86. The molecule has 1 aromatic rings. The Hall–Kier alpha value is -1.43. The molecule has 1 amide bonds. The maximum Gasteiger partial charge on any atom is 0.250 e. The number of aliphatic imine (C=N–C) groups is 1. The monoisotopic (exact) mass is 379 g/mol. The first-order chi connectivity index (χ1) is 10.7. The zero-order valence-electron chi connectivity index (χ0n) is 14.0. The third kappa shape index (κ3) is 3.13. The molecule has 0 aliphatic carbocycles. The number of hydrogen-bond acceptors (Lipinski definition) is 4. The number of hydrogen-bond donors (Lipinski definition) is 0. The number of carbonyl (C=O) groups is 1. The van der Waals surface area contributed by atoms with Crippen molar-refractivity contribution in [2.45, 2.75) is 51.2 Å². The van der Waals surface area contributed by atoms with Gasteiger partial charge in [0.1, 0.15) is 11.1 Å². The van der Waals surface area contributed by atoms with Crippen molar-refractivity contribution in [2.24, 2.45) is 4.99 Å². The van der Waals surface area contributed by atoms with E-state index >= 15 is 0 Å². The number of ether oxygens (including phenoxy) is 1. The summed E-state index contributed by atoms with van der Waals surface area (Å²) in [6.45, 7) is 6.78. The third-order valence-corrected chi connectivity index (χ3v) is 4.88. The van der Waals surface area contributed by atoms with Gasteiger partial charge >= 0.3 is 0 Å². The van der Waals surface area contributed by atoms with Crippen molar-refractivity contribution in [3.05, 3.63) is 22.4 Å². The molecule has 1 spiro atoms. The summed E-state index contributed by atoms with van der Waals surface area (Å²) >= 11 is 3.55. The van der Waals surface area contributed by atoms with Crippen molar-refractivity contribution in [3.8, 4) is 5.75 Å². The Morgan fingerprint density at radius 3 is 2.65 bits per heavy atom. The highest BCUT2D eigenvalue weighted by molar-refractivity contribution is 9.10. The summed E-state index contributed by atoms with van der Waals surface area (Å²) in [6.07, 6.45) is 4.10. The van der Waals surface area contributed by atoms with Crippen LogP contribution in [0.25, 0.3) is 0 Å². The number of pyridine rings is 1. The molecule has 1 saturated heterocycles. The Labute approximate surface area is 145 Å². The molecule has 5 nitrogen and oxygen atoms in total. The van der Waals surface area contributed by atoms with Crippen LogP contribution in [0.1, 0.15) is 45.7 Å². The van der Waals surface area contributed by atoms with Gasteiger partial charge < -0.3 is 9.64 Å². The number of likely N-dealkylation sites (tertiary alicyclic amines) is 1. The van der Waals surface area contributed by atoms with Crippen molar-refractivity contribution in [3.63, 3.8) is 0 Å². The van der Waals surface area contributed by atoms with Gasteiger partial charge in [0.15, 0.2) is 5.75 Å². The van der Waals surface area contributed by atoms with E-state index in [2.05, 4.69) is 20.9 Å². The molecule has 1 unspecified atom stereocenters. The molecular weight excluding hydrogens is 358 g/mol. The highest BCUT2D eigenvalue weighted by atomic mass is 79.9. The molecule has 0 radical (unpaired) electrons. The molecule has 3 rings (SSSR count). The first-order valence-corrected chi connectivity index (χ1v) is 8.69. The van der Waals surface area contributed by atoms with Gasteiger partial charge in [-0.1, -0.05) is 0 Å². The summed E-state index contributed by atoms with van der Waals surface area (Å²) in [5.41, 5.74) is 0.911. The molecule has 2 aliphatic rings. The lowest BCUT2D eigenvalue weighted by atomic mass is 9.95. The third-order valence-electron chi connectivity index (χ3n) is 4.26. The molecular formula is C17H22BrN3O2. The van der Waals surface area contributed by atoms with E-state index in [1.807, 2.05) is 33.9 Å². The van der Waals surface area contributed by atoms with Crippen LogP contribution >= 0.6 is 15.9 Å². The highest BCUT2D eigenvalue weighted by Gasteiger charge is 2.48. The summed E-state index contributed by atoms with van der Waals surface area (Å²) in [6, 6.07) is 1.93. The minimum Gasteiger partial charge on any atom is -0.485 e. The predicted octanol–water partition coefficient (Wildman–Crippen LogP) is 3.21. The topological polar surface area (TPSA) is 54.8 Å². The fraction of sp³-hybridized carbons (Fsp3) is 0.588. The summed E-state index contributed by atoms with van der Waals surface area (Å²) < 4.78 is 6.72. The van der Waals surface area contributed by atoms with E-state index in [0.717, 1.165) is 41.7 Å². The van der Waals surface area contributed by atoms with Gasteiger partial charge in [0.2, 0.25) is 5.91 Å². The van der Waals surface area contributed by atoms with Gasteiger partial charge in [0.25, 0.3) is 0 Å². The Kier molecular flexibility index (Phi) is 3.99. The zero-order valence-corrected chi connectivity index (χ0v) is 15.6. The second-order valence-corrected chi connectivity index (χ2v) is 8.14. The first kappa shape index (κ1) is 16.4. The Morgan fingerprint density at radius 1 is 1.35 bits per heavy atom. The fourth-order valence-electron chi connectivity index (χ4n) is 3.11. The molecule has 1 aromatic heterocycles. The SMILES string of the molecule is CN1CCC2(CCC(c3cc(Br)c(OC(C)(C)C)cn3)=N2)C1=O. The molecule has 23 heavy (non-hydrogen) atoms. The number of nitrogens with zero attached hydrogens (tertiary/aromatic N) is 3. The maximum atomic E-state index is 12.4. The quantitative estimate of drug-likeness (QED) is 0.792. The van der Waals surface area contributed by atoms with Gasteiger partial charge in [-0.15, -0.1) is 0 Å². The van der Waals surface area contributed by atoms with Crippen LogP contribution in [0.15, 0.2) is 21.7 Å². The molecule has 0 bridgehead atoms. The number of rotatable bonds is 2. The van der Waals surface area contributed by atoms with E-state index < -0.39 is 5.54 Å². The Morgan fingerprint density at radius 2 is 2.09 bits per heavy atom. The second kappa shape index (κ2) is 5.58. The van der Waals surface area contributed by atoms with Gasteiger partial charge in [0, 0.05) is 13.6 Å². The molecule has 0 saturated carbocycles. The average Bonchev–Trinajstić information content (AvgIpc) is 3.01. The smallest absolute Gasteiger partial charge is 0.250 e. The van der Waals surface area contributed by atoms with E-state index in [9.17, 15) is 4.79 Å². The van der Waals surface area contributed by atoms with Crippen molar-refractivity contribution >= 4 is 27.5 Å². The lowest BCUT2D eigenvalue weighted by molar-refractivity contribution is -0.130. The molecule has 0 aromatic carbocycles. The van der Waals surface area contributed by atoms with E-state index in [1.165, 1.54) is 0 Å². The average molecular weight is 380 g/mol. The van der Waals surface area contributed by atoms with Crippen LogP contribution < -0.4 is 4.74 Å². The van der Waals surface area contributed by atoms with Crippen LogP contribution in [0.3, 0.4) is 0 Å². The van der Waals surface area contributed by atoms with E-state index in [-0.39, 0.29) is 11.5 Å². The maximum absolute atomic E-state index is 12.4. The van der Waals surface area contributed by atoms with E-state index in [4.69, 9.17) is 9.73 Å². The molecule has 124 valence electrons. The summed E-state index contributed by atoms with van der Waals surface area (Å²) in [5.74, 6) is 0.852. The minimum atomic E-state index is -0.543. The predicted molar refractivity (Wildman–Crippen MR) is 93.1 cm³/mol. The summed E-state index contributed by atoms with van der Waals surface area (Å²) in [4.78, 5) is 23.4. The first-order valence-electron chi connectivity index (χ1n) is 7.89. The van der Waals surface area contributed by atoms with Crippen LogP contribution in [-0.4, -0.2) is 46.2 Å². The van der Waals surface area contributed by atoms with E-state index in [0.29, 0.717) is 5.75 Å². The standard InChI is InChI=1S/C17H22BrN3O2/c1-16(2,3)23-14-10-19-13(9-11(14)18)12-5-6-17(20-12)7-8-21(4)15(17)22/h9-10H,5-8H2,1-4H3. The molecule has 2 aliphatic heterocycles. The number of carbonyl (C=O) groups excluding carboxylic acids is 1. The number of aromatic nitrogens is 1. The van der Waals surface area contributed by atoms with Gasteiger partial charge in [0.05, 0.1) is 22.1 Å². The van der Waals surface area contributed by atoms with Crippen LogP contribution in [0.4, 0.5) is 0 Å². The zero-order chi connectivity index (χ0) is 16.8. The lowest BCUT2D eigenvalue weighted by Crippen LogP contribution is -2.35. The second-order valence-electron chi connectivity index (χ2n) is 7.28. The van der Waals surface area contributed by atoms with Crippen LogP contribution in [0, 0.1) is 0 Å². The van der Waals surface area contributed by atoms with Crippen LogP contribution in [-0.2, 0) is 4.79 Å². The summed E-state index contributed by atoms with van der Waals surface area (Å²) in [5, 5.41) is 0. The van der Waals surface area contributed by atoms with Crippen molar-refractivity contribution in [1.29, 1.82) is 0 Å². The number of likely N-dealkylation sites (N-methyl/N-ethyl adjacent to an activating group) is 1. The highest BCUT2D eigenvalue weighted by Crippen LogP contribution is 2.37. The van der Waals surface area contributed by atoms with Crippen LogP contribution in [0.2, 0.25) is 0 Å². The molecule has 3 heterocycles. The van der Waals surface area contributed by atoms with Gasteiger partial charge in [-0.3, -0.25) is 14.8 Å². The van der Waals surface area contributed by atoms with E-state index in [1.54, 1.807) is 11.1 Å². The Bertz CT molecular complexity index is 681. The van der Waals surface area contributed by atoms with Crippen molar-refractivity contribution in [2.75, 3.05) is 13.6 Å². The molecule has 1 fully saturated rings. The van der Waals surface area contributed by atoms with Crippen molar-refractivity contribution < 1.29 is 9.53 Å². The van der Waals surface area contributed by atoms with Gasteiger partial charge in [-0.25, -0.2) is 0 Å². The molecule has 1 atom stereocenters. The molecule has 0 N–H and O–H groups in total. The fourth-order valence-corrected chi connectivity index (χ4v) is 3.51. The van der Waals surface area contributed by atoms with Gasteiger partial charge in [-0.2, -0.15) is 0 Å². The van der Waals surface area contributed by atoms with Crippen molar-refractivity contribution in [1.82, 2.24) is 9.88 Å². The van der Waals surface area contributed by atoms with Gasteiger partial charge in [-0.05, 0) is 62.0 Å². The normalized spacial score (nSPS) is 24.5. The van der Waals surface area contributed by atoms with Crippen LogP contribution in [0.5, 0.6) is 5.75 Å².